The molecule has 0 saturated heterocycles. The van der Waals surface area contributed by atoms with Crippen molar-refractivity contribution in [3.63, 3.8) is 0 Å². The summed E-state index contributed by atoms with van der Waals surface area (Å²) in [6.07, 6.45) is 0. The maximum atomic E-state index is 9.07. The van der Waals surface area contributed by atoms with E-state index in [9.17, 15) is 0 Å². The molecule has 122 valence electrons. The lowest BCUT2D eigenvalue weighted by Gasteiger charge is -2.08. The minimum absolute atomic E-state index is 0.683. The molecule has 26 heavy (non-hydrogen) atoms. The van der Waals surface area contributed by atoms with E-state index < -0.39 is 0 Å². The maximum Gasteiger partial charge on any atom is 0.0991 e. The van der Waals surface area contributed by atoms with Gasteiger partial charge in [0.25, 0.3) is 0 Å². The Kier molecular flexibility index (Phi) is 4.33. The third-order valence-electron chi connectivity index (χ3n) is 4.51. The predicted molar refractivity (Wildman–Crippen MR) is 107 cm³/mol. The number of rotatable bonds is 3. The summed E-state index contributed by atoms with van der Waals surface area (Å²) in [6.45, 7) is 0. The standard InChI is InChI=1S/C25H17N/c26-18-19-6-4-9-23(16-19)21-12-14-22(15-13-21)25-11-5-10-24(17-25)20-7-2-1-3-8-20/h1-17H. The average molecular weight is 331 g/mol. The van der Waals surface area contributed by atoms with Gasteiger partial charge in [0.05, 0.1) is 11.6 Å². The zero-order valence-electron chi connectivity index (χ0n) is 14.3. The van der Waals surface area contributed by atoms with E-state index in [1.165, 1.54) is 22.3 Å². The van der Waals surface area contributed by atoms with Gasteiger partial charge in [-0.1, -0.05) is 84.9 Å². The van der Waals surface area contributed by atoms with Gasteiger partial charge in [-0.25, -0.2) is 0 Å². The van der Waals surface area contributed by atoms with Crippen molar-refractivity contribution in [1.29, 1.82) is 5.26 Å². The summed E-state index contributed by atoms with van der Waals surface area (Å²) in [7, 11) is 0. The lowest BCUT2D eigenvalue weighted by Crippen LogP contribution is -1.83. The molecule has 0 radical (unpaired) electrons. The van der Waals surface area contributed by atoms with Crippen LogP contribution < -0.4 is 0 Å². The summed E-state index contributed by atoms with van der Waals surface area (Å²) in [5.41, 5.74) is 7.68. The normalized spacial score (nSPS) is 10.3. The quantitative estimate of drug-likeness (QED) is 0.417. The van der Waals surface area contributed by atoms with Crippen molar-refractivity contribution in [2.45, 2.75) is 0 Å². The molecule has 0 bridgehead atoms. The number of hydrogen-bond donors (Lipinski definition) is 0. The van der Waals surface area contributed by atoms with Gasteiger partial charge in [0.2, 0.25) is 0 Å². The molecule has 0 saturated carbocycles. The molecular weight excluding hydrogens is 314 g/mol. The highest BCUT2D eigenvalue weighted by atomic mass is 14.2. The Balaban J connectivity index is 1.66. The predicted octanol–water partition coefficient (Wildman–Crippen LogP) is 6.56. The van der Waals surface area contributed by atoms with Crippen LogP contribution in [0.3, 0.4) is 0 Å². The van der Waals surface area contributed by atoms with Crippen molar-refractivity contribution in [2.75, 3.05) is 0 Å². The van der Waals surface area contributed by atoms with Crippen LogP contribution in [-0.2, 0) is 0 Å². The van der Waals surface area contributed by atoms with E-state index in [0.717, 1.165) is 11.1 Å². The van der Waals surface area contributed by atoms with Crippen molar-refractivity contribution in [2.24, 2.45) is 0 Å². The van der Waals surface area contributed by atoms with E-state index >= 15 is 0 Å². The smallest absolute Gasteiger partial charge is 0.0991 e. The molecule has 0 aliphatic heterocycles. The Labute approximate surface area is 153 Å². The van der Waals surface area contributed by atoms with E-state index in [-0.39, 0.29) is 0 Å². The van der Waals surface area contributed by atoms with Crippen molar-refractivity contribution < 1.29 is 0 Å². The molecule has 0 atom stereocenters. The molecule has 0 aliphatic rings. The van der Waals surface area contributed by atoms with Gasteiger partial charge in [-0.2, -0.15) is 5.26 Å². The van der Waals surface area contributed by atoms with Gasteiger partial charge in [0.1, 0.15) is 0 Å². The monoisotopic (exact) mass is 331 g/mol. The second-order valence-electron chi connectivity index (χ2n) is 6.22. The Hall–Kier alpha value is -3.63. The van der Waals surface area contributed by atoms with Crippen molar-refractivity contribution in [3.05, 3.63) is 109 Å². The van der Waals surface area contributed by atoms with E-state index in [4.69, 9.17) is 5.26 Å². The first-order chi connectivity index (χ1) is 12.8. The van der Waals surface area contributed by atoms with Gasteiger partial charge >= 0.3 is 0 Å². The molecular formula is C25H17N. The van der Waals surface area contributed by atoms with Crippen LogP contribution in [0.5, 0.6) is 0 Å². The first-order valence-corrected chi connectivity index (χ1v) is 8.60. The summed E-state index contributed by atoms with van der Waals surface area (Å²) >= 11 is 0. The average Bonchev–Trinajstić information content (AvgIpc) is 2.75. The highest BCUT2D eigenvalue weighted by Crippen LogP contribution is 2.28. The van der Waals surface area contributed by atoms with Crippen LogP contribution in [0.25, 0.3) is 33.4 Å². The topological polar surface area (TPSA) is 23.8 Å². The lowest BCUT2D eigenvalue weighted by atomic mass is 9.97. The molecule has 1 heteroatoms. The van der Waals surface area contributed by atoms with Crippen molar-refractivity contribution in [1.82, 2.24) is 0 Å². The van der Waals surface area contributed by atoms with Gasteiger partial charge in [-0.3, -0.25) is 0 Å². The van der Waals surface area contributed by atoms with Gasteiger partial charge in [-0.05, 0) is 51.6 Å². The number of nitriles is 1. The Morgan fingerprint density at radius 3 is 1.46 bits per heavy atom. The molecule has 4 aromatic carbocycles. The van der Waals surface area contributed by atoms with Crippen LogP contribution >= 0.6 is 0 Å². The zero-order valence-corrected chi connectivity index (χ0v) is 14.3. The Bertz CT molecular complexity index is 1070. The summed E-state index contributed by atoms with van der Waals surface area (Å²) in [5.74, 6) is 0. The highest BCUT2D eigenvalue weighted by Gasteiger charge is 2.03. The van der Waals surface area contributed by atoms with E-state index in [1.54, 1.807) is 0 Å². The minimum Gasteiger partial charge on any atom is -0.192 e. The minimum atomic E-state index is 0.683. The molecule has 0 aromatic heterocycles. The van der Waals surface area contributed by atoms with Crippen LogP contribution in [0.15, 0.2) is 103 Å². The van der Waals surface area contributed by atoms with Crippen LogP contribution in [0.4, 0.5) is 0 Å². The summed E-state index contributed by atoms with van der Waals surface area (Å²) in [4.78, 5) is 0. The molecule has 4 rings (SSSR count). The van der Waals surface area contributed by atoms with Crippen LogP contribution in [-0.4, -0.2) is 0 Å². The van der Waals surface area contributed by atoms with Crippen molar-refractivity contribution >= 4 is 0 Å². The zero-order chi connectivity index (χ0) is 17.8. The van der Waals surface area contributed by atoms with Gasteiger partial charge in [0, 0.05) is 0 Å². The van der Waals surface area contributed by atoms with Crippen LogP contribution in [0, 0.1) is 11.3 Å². The number of hydrogen-bond acceptors (Lipinski definition) is 1. The first-order valence-electron chi connectivity index (χ1n) is 8.60. The molecule has 0 spiro atoms. The Morgan fingerprint density at radius 2 is 0.885 bits per heavy atom. The fourth-order valence-corrected chi connectivity index (χ4v) is 3.13. The first kappa shape index (κ1) is 15.9. The second kappa shape index (κ2) is 7.09. The molecule has 0 fully saturated rings. The summed E-state index contributed by atoms with van der Waals surface area (Å²) in [5, 5.41) is 9.07. The summed E-state index contributed by atoms with van der Waals surface area (Å²) < 4.78 is 0. The largest absolute Gasteiger partial charge is 0.192 e. The van der Waals surface area contributed by atoms with E-state index in [1.807, 2.05) is 30.3 Å². The number of nitrogens with zero attached hydrogens (tertiary/aromatic N) is 1. The maximum absolute atomic E-state index is 9.07. The third-order valence-corrected chi connectivity index (χ3v) is 4.51. The Morgan fingerprint density at radius 1 is 0.423 bits per heavy atom. The van der Waals surface area contributed by atoms with E-state index in [2.05, 4.69) is 78.9 Å². The van der Waals surface area contributed by atoms with Crippen LogP contribution in [0.2, 0.25) is 0 Å². The molecule has 0 amide bonds. The second-order valence-corrected chi connectivity index (χ2v) is 6.22. The van der Waals surface area contributed by atoms with Gasteiger partial charge in [0.15, 0.2) is 0 Å². The number of benzene rings is 4. The fourth-order valence-electron chi connectivity index (χ4n) is 3.13. The highest BCUT2D eigenvalue weighted by molar-refractivity contribution is 5.75. The molecule has 0 aliphatic carbocycles. The van der Waals surface area contributed by atoms with Gasteiger partial charge in [-0.15, -0.1) is 0 Å². The van der Waals surface area contributed by atoms with E-state index in [0.29, 0.717) is 5.56 Å². The summed E-state index contributed by atoms with van der Waals surface area (Å²) in [6, 6.07) is 37.4. The molecule has 4 aromatic rings. The molecule has 0 N–H and O–H groups in total. The molecule has 0 unspecified atom stereocenters. The molecule has 0 heterocycles. The molecule has 1 nitrogen and oxygen atoms in total. The lowest BCUT2D eigenvalue weighted by molar-refractivity contribution is 1.48. The fraction of sp³-hybridized carbons (Fsp3) is 0. The SMILES string of the molecule is N#Cc1cccc(-c2ccc(-c3cccc(-c4ccccc4)c3)cc2)c1. The van der Waals surface area contributed by atoms with Gasteiger partial charge < -0.3 is 0 Å². The third kappa shape index (κ3) is 3.27. The van der Waals surface area contributed by atoms with Crippen LogP contribution in [0.1, 0.15) is 5.56 Å². The van der Waals surface area contributed by atoms with Crippen molar-refractivity contribution in [3.8, 4) is 39.4 Å².